The van der Waals surface area contributed by atoms with Gasteiger partial charge in [-0.25, -0.2) is 0 Å². The molecule has 1 aromatic rings. The van der Waals surface area contributed by atoms with E-state index in [2.05, 4.69) is 21.3 Å². The predicted octanol–water partition coefficient (Wildman–Crippen LogP) is 1.33. The minimum Gasteiger partial charge on any atom is -0.461 e. The van der Waals surface area contributed by atoms with E-state index in [-0.39, 0.29) is 30.3 Å². The number of hydrogen-bond donors (Lipinski definition) is 4. The highest BCUT2D eigenvalue weighted by Crippen LogP contribution is 2.12. The summed E-state index contributed by atoms with van der Waals surface area (Å²) in [7, 11) is 1.82. The molecular formula is C22H34N4O5. The van der Waals surface area contributed by atoms with Crippen LogP contribution >= 0.6 is 0 Å². The zero-order valence-electron chi connectivity index (χ0n) is 18.9. The van der Waals surface area contributed by atoms with Gasteiger partial charge in [-0.3, -0.25) is 19.2 Å². The van der Waals surface area contributed by atoms with Gasteiger partial charge in [0.25, 0.3) is 0 Å². The Balaban J connectivity index is 2.83. The molecule has 0 heterocycles. The fourth-order valence-electron chi connectivity index (χ4n) is 2.87. The molecule has 2 atom stereocenters. The Morgan fingerprint density at radius 3 is 2.13 bits per heavy atom. The van der Waals surface area contributed by atoms with Crippen LogP contribution < -0.4 is 21.3 Å². The largest absolute Gasteiger partial charge is 0.461 e. The van der Waals surface area contributed by atoms with Gasteiger partial charge < -0.3 is 26.0 Å². The van der Waals surface area contributed by atoms with Gasteiger partial charge in [-0.1, -0.05) is 26.0 Å². The lowest BCUT2D eigenvalue weighted by Gasteiger charge is -2.25. The molecule has 0 aliphatic rings. The second kappa shape index (κ2) is 13.4. The van der Waals surface area contributed by atoms with Crippen LogP contribution in [0, 0.1) is 5.92 Å². The van der Waals surface area contributed by atoms with E-state index in [0.29, 0.717) is 25.1 Å². The summed E-state index contributed by atoms with van der Waals surface area (Å²) in [5.74, 6) is -1.54. The number of esters is 1. The van der Waals surface area contributed by atoms with Gasteiger partial charge in [0.15, 0.2) is 0 Å². The first kappa shape index (κ1) is 26.1. The summed E-state index contributed by atoms with van der Waals surface area (Å²) in [6, 6.07) is 5.43. The Bertz CT molecular complexity index is 749. The average Bonchev–Trinajstić information content (AvgIpc) is 2.70. The van der Waals surface area contributed by atoms with Crippen LogP contribution in [0.5, 0.6) is 0 Å². The molecule has 0 unspecified atom stereocenters. The first-order chi connectivity index (χ1) is 14.6. The van der Waals surface area contributed by atoms with Gasteiger partial charge in [0, 0.05) is 19.5 Å². The zero-order valence-corrected chi connectivity index (χ0v) is 18.9. The molecular weight excluding hydrogens is 400 g/mol. The summed E-state index contributed by atoms with van der Waals surface area (Å²) in [4.78, 5) is 47.9. The molecule has 0 aliphatic carbocycles. The van der Waals surface area contributed by atoms with Crippen molar-refractivity contribution in [1.82, 2.24) is 16.0 Å². The number of nitrogens with one attached hydrogen (secondary N) is 4. The first-order valence-corrected chi connectivity index (χ1v) is 10.4. The van der Waals surface area contributed by atoms with Crippen LogP contribution in [0.2, 0.25) is 0 Å². The third-order valence-corrected chi connectivity index (χ3v) is 4.52. The standard InChI is InChI=1S/C22H34N4O5/c1-14(2)20(24-15(3)27)22(30)26-19(7-6-12-23-5)21(29)25-18-10-8-17(9-11-18)13-31-16(4)28/h8-11,14,19-20,23H,6-7,12-13H2,1-5H3,(H,24,27)(H,25,29)(H,26,30)/t19-,20-/m0/s1. The van der Waals surface area contributed by atoms with Gasteiger partial charge in [-0.2, -0.15) is 0 Å². The van der Waals surface area contributed by atoms with E-state index in [1.807, 2.05) is 20.9 Å². The highest BCUT2D eigenvalue weighted by Gasteiger charge is 2.28. The summed E-state index contributed by atoms with van der Waals surface area (Å²) in [5, 5.41) is 11.2. The molecule has 0 saturated carbocycles. The van der Waals surface area contributed by atoms with E-state index in [0.717, 1.165) is 5.56 Å². The van der Waals surface area contributed by atoms with Gasteiger partial charge in [0.2, 0.25) is 17.7 Å². The van der Waals surface area contributed by atoms with Crippen LogP contribution in [-0.2, 0) is 30.5 Å². The Hall–Kier alpha value is -2.94. The summed E-state index contributed by atoms with van der Waals surface area (Å²) in [6.07, 6.45) is 1.12. The first-order valence-electron chi connectivity index (χ1n) is 10.4. The van der Waals surface area contributed by atoms with Gasteiger partial charge in [0.05, 0.1) is 0 Å². The van der Waals surface area contributed by atoms with Crippen LogP contribution in [0.25, 0.3) is 0 Å². The molecule has 1 aromatic carbocycles. The molecule has 0 aliphatic heterocycles. The molecule has 172 valence electrons. The summed E-state index contributed by atoms with van der Waals surface area (Å²) < 4.78 is 4.95. The average molecular weight is 435 g/mol. The number of carbonyl (C=O) groups is 4. The fourth-order valence-corrected chi connectivity index (χ4v) is 2.87. The van der Waals surface area contributed by atoms with Crippen LogP contribution in [0.15, 0.2) is 24.3 Å². The number of rotatable bonds is 12. The molecule has 0 bridgehead atoms. The van der Waals surface area contributed by atoms with Gasteiger partial charge in [-0.15, -0.1) is 0 Å². The van der Waals surface area contributed by atoms with Crippen molar-refractivity contribution in [2.75, 3.05) is 18.9 Å². The smallest absolute Gasteiger partial charge is 0.302 e. The minimum atomic E-state index is -0.753. The van der Waals surface area contributed by atoms with Gasteiger partial charge in [-0.05, 0) is 50.0 Å². The SMILES string of the molecule is CNCCC[C@H](NC(=O)[C@@H](NC(C)=O)C(C)C)C(=O)Nc1ccc(COC(C)=O)cc1. The molecule has 0 saturated heterocycles. The molecule has 0 spiro atoms. The summed E-state index contributed by atoms with van der Waals surface area (Å²) in [5.41, 5.74) is 1.36. The van der Waals surface area contributed by atoms with Crippen LogP contribution in [0.4, 0.5) is 5.69 Å². The number of carbonyl (C=O) groups excluding carboxylic acids is 4. The second-order valence-electron chi connectivity index (χ2n) is 7.70. The molecule has 4 N–H and O–H groups in total. The van der Waals surface area contributed by atoms with Crippen LogP contribution in [0.1, 0.15) is 46.1 Å². The quantitative estimate of drug-likeness (QED) is 0.291. The van der Waals surface area contributed by atoms with Crippen LogP contribution in [0.3, 0.4) is 0 Å². The third kappa shape index (κ3) is 10.1. The third-order valence-electron chi connectivity index (χ3n) is 4.52. The van der Waals surface area contributed by atoms with E-state index in [1.165, 1.54) is 13.8 Å². The number of ether oxygens (including phenoxy) is 1. The molecule has 9 heteroatoms. The molecule has 1 rings (SSSR count). The Morgan fingerprint density at radius 2 is 1.61 bits per heavy atom. The van der Waals surface area contributed by atoms with E-state index in [9.17, 15) is 19.2 Å². The maximum Gasteiger partial charge on any atom is 0.302 e. The number of amides is 3. The predicted molar refractivity (Wildman–Crippen MR) is 118 cm³/mol. The van der Waals surface area contributed by atoms with Crippen molar-refractivity contribution < 1.29 is 23.9 Å². The number of anilines is 1. The lowest BCUT2D eigenvalue weighted by atomic mass is 10.0. The van der Waals surface area contributed by atoms with Crippen molar-refractivity contribution in [2.45, 2.75) is 59.2 Å². The molecule has 0 fully saturated rings. The summed E-state index contributed by atoms with van der Waals surface area (Å²) >= 11 is 0. The zero-order chi connectivity index (χ0) is 23.4. The van der Waals surface area contributed by atoms with E-state index < -0.39 is 18.0 Å². The Labute approximate surface area is 183 Å². The molecule has 9 nitrogen and oxygen atoms in total. The van der Waals surface area contributed by atoms with Crippen molar-refractivity contribution in [1.29, 1.82) is 0 Å². The molecule has 31 heavy (non-hydrogen) atoms. The van der Waals surface area contributed by atoms with E-state index in [1.54, 1.807) is 24.3 Å². The maximum absolute atomic E-state index is 12.9. The molecule has 3 amide bonds. The van der Waals surface area contributed by atoms with Gasteiger partial charge >= 0.3 is 5.97 Å². The highest BCUT2D eigenvalue weighted by atomic mass is 16.5. The highest BCUT2D eigenvalue weighted by molar-refractivity contribution is 5.98. The maximum atomic E-state index is 12.9. The Kier molecular flexibility index (Phi) is 11.3. The molecule has 0 radical (unpaired) electrons. The fraction of sp³-hybridized carbons (Fsp3) is 0.545. The topological polar surface area (TPSA) is 126 Å². The Morgan fingerprint density at radius 1 is 0.968 bits per heavy atom. The normalized spacial score (nSPS) is 12.6. The van der Waals surface area contributed by atoms with Crippen molar-refractivity contribution in [2.24, 2.45) is 5.92 Å². The monoisotopic (exact) mass is 434 g/mol. The number of hydrogen-bond acceptors (Lipinski definition) is 6. The van der Waals surface area contributed by atoms with Crippen molar-refractivity contribution in [3.63, 3.8) is 0 Å². The van der Waals surface area contributed by atoms with E-state index in [4.69, 9.17) is 4.74 Å². The van der Waals surface area contributed by atoms with Crippen molar-refractivity contribution in [3.05, 3.63) is 29.8 Å². The van der Waals surface area contributed by atoms with E-state index >= 15 is 0 Å². The minimum absolute atomic E-state index is 0.130. The lowest BCUT2D eigenvalue weighted by Crippen LogP contribution is -2.54. The number of benzene rings is 1. The van der Waals surface area contributed by atoms with Gasteiger partial charge in [0.1, 0.15) is 18.7 Å². The second-order valence-corrected chi connectivity index (χ2v) is 7.70. The van der Waals surface area contributed by atoms with Crippen molar-refractivity contribution >= 4 is 29.4 Å². The molecule has 0 aromatic heterocycles. The lowest BCUT2D eigenvalue weighted by molar-refractivity contribution is -0.142. The summed E-state index contributed by atoms with van der Waals surface area (Å²) in [6.45, 7) is 7.20. The van der Waals surface area contributed by atoms with Crippen molar-refractivity contribution in [3.8, 4) is 0 Å². The van der Waals surface area contributed by atoms with Crippen LogP contribution in [-0.4, -0.2) is 49.4 Å².